The predicted octanol–water partition coefficient (Wildman–Crippen LogP) is 6.14. The molecule has 1 N–H and O–H groups in total. The Bertz CT molecular complexity index is 640. The number of imide groups is 1. The van der Waals surface area contributed by atoms with E-state index < -0.39 is 6.10 Å². The molecule has 0 aliphatic carbocycles. The van der Waals surface area contributed by atoms with Crippen molar-refractivity contribution in [1.29, 1.82) is 0 Å². The zero-order valence-electron chi connectivity index (χ0n) is 20.0. The minimum atomic E-state index is -0.858. The summed E-state index contributed by atoms with van der Waals surface area (Å²) in [5, 5.41) is 10.2. The third-order valence-electron chi connectivity index (χ3n) is 6.22. The molecule has 1 aromatic rings. The van der Waals surface area contributed by atoms with Crippen molar-refractivity contribution in [2.45, 2.75) is 103 Å². The van der Waals surface area contributed by atoms with Crippen molar-refractivity contribution in [2.24, 2.45) is 0 Å². The summed E-state index contributed by atoms with van der Waals surface area (Å²) < 4.78 is 5.56. The first-order valence-electron chi connectivity index (χ1n) is 12.9. The van der Waals surface area contributed by atoms with Gasteiger partial charge in [-0.15, -0.1) is 0 Å². The van der Waals surface area contributed by atoms with Crippen LogP contribution < -0.4 is 0 Å². The fraction of sp³-hybridized carbons (Fsp3) is 0.704. The SMILES string of the molecule is CCCCCCCCCCCCCCCCOCC(O)CN1C(=O)c2ccccc2C1=O. The Morgan fingerprint density at radius 1 is 0.750 bits per heavy atom. The van der Waals surface area contributed by atoms with E-state index >= 15 is 0 Å². The molecule has 2 rings (SSSR count). The molecule has 1 aliphatic heterocycles. The number of hydrogen-bond donors (Lipinski definition) is 1. The van der Waals surface area contributed by atoms with Crippen molar-refractivity contribution in [3.63, 3.8) is 0 Å². The molecule has 2 amide bonds. The van der Waals surface area contributed by atoms with Crippen molar-refractivity contribution in [2.75, 3.05) is 19.8 Å². The minimum absolute atomic E-state index is 0.0227. The highest BCUT2D eigenvalue weighted by molar-refractivity contribution is 6.21. The molecule has 0 fully saturated rings. The Morgan fingerprint density at radius 3 is 1.66 bits per heavy atom. The highest BCUT2D eigenvalue weighted by Gasteiger charge is 2.36. The Labute approximate surface area is 194 Å². The third-order valence-corrected chi connectivity index (χ3v) is 6.22. The molecule has 0 spiro atoms. The van der Waals surface area contributed by atoms with Crippen LogP contribution in [0.2, 0.25) is 0 Å². The number of carbonyl (C=O) groups is 2. The van der Waals surface area contributed by atoms with Gasteiger partial charge in [0.05, 0.1) is 30.4 Å². The molecule has 1 unspecified atom stereocenters. The first kappa shape index (κ1) is 26.5. The van der Waals surface area contributed by atoms with E-state index in [1.54, 1.807) is 24.3 Å². The van der Waals surface area contributed by atoms with Crippen LogP contribution in [-0.2, 0) is 4.74 Å². The van der Waals surface area contributed by atoms with E-state index in [4.69, 9.17) is 4.74 Å². The van der Waals surface area contributed by atoms with E-state index in [2.05, 4.69) is 6.92 Å². The molecule has 0 bridgehead atoms. The van der Waals surface area contributed by atoms with Crippen LogP contribution in [0.5, 0.6) is 0 Å². The quantitative estimate of drug-likeness (QED) is 0.205. The summed E-state index contributed by atoms with van der Waals surface area (Å²) in [7, 11) is 0. The topological polar surface area (TPSA) is 66.8 Å². The Hall–Kier alpha value is -1.72. The van der Waals surface area contributed by atoms with Gasteiger partial charge in [0.25, 0.3) is 11.8 Å². The van der Waals surface area contributed by atoms with Crippen LogP contribution in [0.4, 0.5) is 0 Å². The lowest BCUT2D eigenvalue weighted by Gasteiger charge is -2.18. The molecule has 1 heterocycles. The number of carbonyl (C=O) groups excluding carboxylic acids is 2. The summed E-state index contributed by atoms with van der Waals surface area (Å²) >= 11 is 0. The van der Waals surface area contributed by atoms with E-state index in [0.29, 0.717) is 17.7 Å². The zero-order valence-corrected chi connectivity index (χ0v) is 20.0. The number of nitrogens with zero attached hydrogens (tertiary/aromatic N) is 1. The lowest BCUT2D eigenvalue weighted by molar-refractivity contribution is 0.0166. The predicted molar refractivity (Wildman–Crippen MR) is 129 cm³/mol. The molecule has 0 radical (unpaired) electrons. The summed E-state index contributed by atoms with van der Waals surface area (Å²) in [6.45, 7) is 3.00. The molecule has 1 aliphatic rings. The first-order chi connectivity index (χ1) is 15.6. The van der Waals surface area contributed by atoms with Gasteiger partial charge in [-0.25, -0.2) is 0 Å². The van der Waals surface area contributed by atoms with Gasteiger partial charge >= 0.3 is 0 Å². The number of amides is 2. The molecule has 180 valence electrons. The van der Waals surface area contributed by atoms with E-state index in [-0.39, 0.29) is 25.0 Å². The number of ether oxygens (including phenoxy) is 1. The number of aliphatic hydroxyl groups excluding tert-OH is 1. The van der Waals surface area contributed by atoms with Gasteiger partial charge in [-0.05, 0) is 18.6 Å². The van der Waals surface area contributed by atoms with Crippen LogP contribution in [0.25, 0.3) is 0 Å². The molecule has 5 nitrogen and oxygen atoms in total. The van der Waals surface area contributed by atoms with Crippen LogP contribution in [0, 0.1) is 0 Å². The molecule has 32 heavy (non-hydrogen) atoms. The van der Waals surface area contributed by atoms with Crippen molar-refractivity contribution < 1.29 is 19.4 Å². The smallest absolute Gasteiger partial charge is 0.261 e. The standard InChI is InChI=1S/C27H43NO4/c1-2-3-4-5-6-7-8-9-10-11-12-13-14-17-20-32-22-23(29)21-28-26(30)24-18-15-16-19-25(24)27(28)31/h15-16,18-19,23,29H,2-14,17,20-22H2,1H3. The van der Waals surface area contributed by atoms with Gasteiger partial charge in [-0.2, -0.15) is 0 Å². The van der Waals surface area contributed by atoms with E-state index in [9.17, 15) is 14.7 Å². The lowest BCUT2D eigenvalue weighted by atomic mass is 10.0. The van der Waals surface area contributed by atoms with Gasteiger partial charge in [0.2, 0.25) is 0 Å². The maximum atomic E-state index is 12.3. The fourth-order valence-corrected chi connectivity index (χ4v) is 4.29. The molecule has 0 saturated carbocycles. The third kappa shape index (κ3) is 9.41. The Kier molecular flexibility index (Phi) is 13.2. The molecule has 5 heteroatoms. The van der Waals surface area contributed by atoms with Gasteiger partial charge in [0.15, 0.2) is 0 Å². The number of unbranched alkanes of at least 4 members (excludes halogenated alkanes) is 13. The van der Waals surface area contributed by atoms with Crippen LogP contribution in [0.15, 0.2) is 24.3 Å². The summed E-state index contributed by atoms with van der Waals surface area (Å²) in [6.07, 6.45) is 17.6. The van der Waals surface area contributed by atoms with Crippen LogP contribution in [-0.4, -0.2) is 47.7 Å². The second kappa shape index (κ2) is 16.0. The van der Waals surface area contributed by atoms with Crippen molar-refractivity contribution in [1.82, 2.24) is 4.90 Å². The van der Waals surface area contributed by atoms with Crippen LogP contribution >= 0.6 is 0 Å². The van der Waals surface area contributed by atoms with Crippen LogP contribution in [0.3, 0.4) is 0 Å². The molecular formula is C27H43NO4. The Morgan fingerprint density at radius 2 is 1.19 bits per heavy atom. The average Bonchev–Trinajstić information content (AvgIpc) is 3.04. The number of fused-ring (bicyclic) bond motifs is 1. The van der Waals surface area contributed by atoms with E-state index in [0.717, 1.165) is 17.7 Å². The molecule has 0 saturated heterocycles. The number of aliphatic hydroxyl groups is 1. The number of benzene rings is 1. The van der Waals surface area contributed by atoms with Crippen molar-refractivity contribution in [3.05, 3.63) is 35.4 Å². The first-order valence-corrected chi connectivity index (χ1v) is 12.9. The van der Waals surface area contributed by atoms with E-state index in [1.807, 2.05) is 0 Å². The summed E-state index contributed by atoms with van der Waals surface area (Å²) in [5.41, 5.74) is 0.820. The van der Waals surface area contributed by atoms with Gasteiger partial charge in [-0.1, -0.05) is 103 Å². The largest absolute Gasteiger partial charge is 0.389 e. The second-order valence-corrected chi connectivity index (χ2v) is 9.09. The average molecular weight is 446 g/mol. The maximum Gasteiger partial charge on any atom is 0.261 e. The number of hydrogen-bond acceptors (Lipinski definition) is 4. The molecule has 1 atom stereocenters. The highest BCUT2D eigenvalue weighted by Crippen LogP contribution is 2.22. The van der Waals surface area contributed by atoms with Crippen LogP contribution in [0.1, 0.15) is 118 Å². The van der Waals surface area contributed by atoms with Crippen molar-refractivity contribution in [3.8, 4) is 0 Å². The van der Waals surface area contributed by atoms with Gasteiger partial charge in [-0.3, -0.25) is 14.5 Å². The maximum absolute atomic E-state index is 12.3. The van der Waals surface area contributed by atoms with Gasteiger partial charge < -0.3 is 9.84 Å². The summed E-state index contributed by atoms with van der Waals surface area (Å²) in [5.74, 6) is -0.673. The minimum Gasteiger partial charge on any atom is -0.389 e. The summed E-state index contributed by atoms with van der Waals surface area (Å²) in [6, 6.07) is 6.77. The monoisotopic (exact) mass is 445 g/mol. The molecular weight excluding hydrogens is 402 g/mol. The fourth-order valence-electron chi connectivity index (χ4n) is 4.29. The Balaban J connectivity index is 1.39. The normalized spacial score (nSPS) is 14.2. The van der Waals surface area contributed by atoms with Gasteiger partial charge in [0.1, 0.15) is 0 Å². The lowest BCUT2D eigenvalue weighted by Crippen LogP contribution is -2.38. The second-order valence-electron chi connectivity index (χ2n) is 9.09. The molecule has 0 aromatic heterocycles. The summed E-state index contributed by atoms with van der Waals surface area (Å²) in [4.78, 5) is 25.8. The zero-order chi connectivity index (χ0) is 23.0. The number of rotatable bonds is 19. The highest BCUT2D eigenvalue weighted by atomic mass is 16.5. The van der Waals surface area contributed by atoms with E-state index in [1.165, 1.54) is 77.0 Å². The van der Waals surface area contributed by atoms with Crippen molar-refractivity contribution >= 4 is 11.8 Å². The number of β-amino-alcohol motifs (C(OH)–C–C–N with tert-alkyl or cyclic N) is 1. The molecule has 1 aromatic carbocycles. The van der Waals surface area contributed by atoms with Gasteiger partial charge in [0, 0.05) is 6.61 Å².